The Labute approximate surface area is 159 Å². The molecule has 1 aromatic carbocycles. The third-order valence-corrected chi connectivity index (χ3v) is 4.65. The van der Waals surface area contributed by atoms with Gasteiger partial charge in [-0.15, -0.1) is 0 Å². The molecular weight excluding hydrogens is 381 g/mol. The second-order valence-corrected chi connectivity index (χ2v) is 6.72. The first kappa shape index (κ1) is 19.4. The van der Waals surface area contributed by atoms with Crippen molar-refractivity contribution in [1.29, 1.82) is 0 Å². The number of benzene rings is 1. The molecule has 0 saturated carbocycles. The number of carbonyl (C=O) groups is 1. The number of rotatable bonds is 3. The first-order valence-electron chi connectivity index (χ1n) is 8.60. The molecule has 0 aliphatic carbocycles. The van der Waals surface area contributed by atoms with Crippen molar-refractivity contribution >= 4 is 29.0 Å². The number of halogens is 4. The highest BCUT2D eigenvalue weighted by Gasteiger charge is 2.31. The van der Waals surface area contributed by atoms with Gasteiger partial charge >= 0.3 is 6.18 Å². The Balaban J connectivity index is 1.73. The number of aromatic nitrogens is 2. The van der Waals surface area contributed by atoms with Gasteiger partial charge in [0.15, 0.2) is 0 Å². The summed E-state index contributed by atoms with van der Waals surface area (Å²) in [4.78, 5) is 22.4. The topological polar surface area (TPSA) is 58.1 Å². The van der Waals surface area contributed by atoms with Crippen LogP contribution in [0.15, 0.2) is 30.6 Å². The highest BCUT2D eigenvalue weighted by molar-refractivity contribution is 6.33. The number of hydrogen-bond acceptors (Lipinski definition) is 4. The summed E-state index contributed by atoms with van der Waals surface area (Å²) in [6, 6.07) is 2.97. The fourth-order valence-electron chi connectivity index (χ4n) is 2.87. The van der Waals surface area contributed by atoms with Gasteiger partial charge in [0.2, 0.25) is 0 Å². The molecule has 1 saturated heterocycles. The summed E-state index contributed by atoms with van der Waals surface area (Å²) in [7, 11) is 0. The lowest BCUT2D eigenvalue weighted by atomic mass is 10.2. The molecule has 1 N–H and O–H groups in total. The Bertz CT molecular complexity index is 803. The fourth-order valence-corrected chi connectivity index (χ4v) is 3.04. The first-order valence-corrected chi connectivity index (χ1v) is 8.97. The molecule has 1 aliphatic heterocycles. The van der Waals surface area contributed by atoms with Gasteiger partial charge in [-0.1, -0.05) is 24.4 Å². The van der Waals surface area contributed by atoms with Crippen LogP contribution in [0.3, 0.4) is 0 Å². The van der Waals surface area contributed by atoms with Gasteiger partial charge in [-0.3, -0.25) is 4.79 Å². The zero-order valence-electron chi connectivity index (χ0n) is 14.4. The van der Waals surface area contributed by atoms with Crippen LogP contribution in [0.4, 0.5) is 24.7 Å². The van der Waals surface area contributed by atoms with Gasteiger partial charge in [-0.05, 0) is 31.0 Å². The second kappa shape index (κ2) is 8.12. The van der Waals surface area contributed by atoms with Crippen molar-refractivity contribution in [1.82, 2.24) is 14.9 Å². The predicted molar refractivity (Wildman–Crippen MR) is 96.1 cm³/mol. The Morgan fingerprint density at radius 3 is 2.37 bits per heavy atom. The Morgan fingerprint density at radius 1 is 1.07 bits per heavy atom. The van der Waals surface area contributed by atoms with Crippen molar-refractivity contribution in [3.63, 3.8) is 0 Å². The third kappa shape index (κ3) is 4.88. The average Bonchev–Trinajstić information content (AvgIpc) is 2.92. The number of hydrogen-bond donors (Lipinski definition) is 1. The molecule has 3 rings (SSSR count). The minimum absolute atomic E-state index is 0.0624. The van der Waals surface area contributed by atoms with Crippen molar-refractivity contribution in [2.75, 3.05) is 18.4 Å². The molecule has 5 nitrogen and oxygen atoms in total. The molecule has 0 atom stereocenters. The number of alkyl halides is 3. The SMILES string of the molecule is O=C(c1cnc(Nc2cc(C(F)(F)F)ccc2Cl)cn1)N1CCCCCC1. The lowest BCUT2D eigenvalue weighted by Gasteiger charge is -2.19. The molecule has 2 aromatic rings. The number of carbonyl (C=O) groups excluding carboxylic acids is 1. The summed E-state index contributed by atoms with van der Waals surface area (Å²) in [5.74, 6) is 0.0108. The average molecular weight is 399 g/mol. The largest absolute Gasteiger partial charge is 0.416 e. The van der Waals surface area contributed by atoms with Gasteiger partial charge in [0.1, 0.15) is 11.5 Å². The van der Waals surface area contributed by atoms with Crippen LogP contribution >= 0.6 is 11.6 Å². The fraction of sp³-hybridized carbons (Fsp3) is 0.389. The van der Waals surface area contributed by atoms with Crippen LogP contribution in [0, 0.1) is 0 Å². The number of nitrogens with zero attached hydrogens (tertiary/aromatic N) is 3. The van der Waals surface area contributed by atoms with E-state index in [1.807, 2.05) is 0 Å². The molecule has 1 amide bonds. The van der Waals surface area contributed by atoms with E-state index in [0.29, 0.717) is 13.1 Å². The van der Waals surface area contributed by atoms with Crippen LogP contribution in [0.25, 0.3) is 0 Å². The summed E-state index contributed by atoms with van der Waals surface area (Å²) >= 11 is 5.96. The minimum atomic E-state index is -4.48. The molecule has 0 bridgehead atoms. The molecule has 0 radical (unpaired) electrons. The van der Waals surface area contributed by atoms with Crippen molar-refractivity contribution in [2.24, 2.45) is 0 Å². The molecule has 2 heterocycles. The maximum absolute atomic E-state index is 12.8. The number of nitrogens with one attached hydrogen (secondary N) is 1. The molecule has 0 unspecified atom stereocenters. The van der Waals surface area contributed by atoms with Crippen LogP contribution < -0.4 is 5.32 Å². The molecule has 27 heavy (non-hydrogen) atoms. The minimum Gasteiger partial charge on any atom is -0.338 e. The van der Waals surface area contributed by atoms with Gasteiger partial charge in [0.25, 0.3) is 5.91 Å². The lowest BCUT2D eigenvalue weighted by Crippen LogP contribution is -2.32. The van der Waals surface area contributed by atoms with Crippen molar-refractivity contribution in [2.45, 2.75) is 31.9 Å². The quantitative estimate of drug-likeness (QED) is 0.798. The van der Waals surface area contributed by atoms with E-state index < -0.39 is 11.7 Å². The van der Waals surface area contributed by atoms with E-state index in [-0.39, 0.29) is 28.1 Å². The molecule has 1 aromatic heterocycles. The van der Waals surface area contributed by atoms with E-state index in [4.69, 9.17) is 11.6 Å². The summed E-state index contributed by atoms with van der Waals surface area (Å²) in [6.07, 6.45) is 2.29. The van der Waals surface area contributed by atoms with Crippen molar-refractivity contribution < 1.29 is 18.0 Å². The Hall–Kier alpha value is -2.35. The van der Waals surface area contributed by atoms with E-state index in [9.17, 15) is 18.0 Å². The van der Waals surface area contributed by atoms with E-state index >= 15 is 0 Å². The highest BCUT2D eigenvalue weighted by Crippen LogP contribution is 2.34. The van der Waals surface area contributed by atoms with E-state index in [0.717, 1.165) is 43.9 Å². The lowest BCUT2D eigenvalue weighted by molar-refractivity contribution is -0.137. The van der Waals surface area contributed by atoms with Crippen molar-refractivity contribution in [3.05, 3.63) is 46.9 Å². The highest BCUT2D eigenvalue weighted by atomic mass is 35.5. The van der Waals surface area contributed by atoms with E-state index in [2.05, 4.69) is 15.3 Å². The van der Waals surface area contributed by atoms with E-state index in [1.54, 1.807) is 4.90 Å². The molecule has 1 aliphatic rings. The number of anilines is 2. The molecule has 9 heteroatoms. The summed E-state index contributed by atoms with van der Waals surface area (Å²) in [5.41, 5.74) is -0.555. The van der Waals surface area contributed by atoms with E-state index in [1.165, 1.54) is 12.4 Å². The van der Waals surface area contributed by atoms with Crippen LogP contribution in [0.1, 0.15) is 41.7 Å². The smallest absolute Gasteiger partial charge is 0.338 e. The van der Waals surface area contributed by atoms with Crippen LogP contribution in [-0.2, 0) is 6.18 Å². The molecule has 0 spiro atoms. The molecule has 144 valence electrons. The number of amides is 1. The monoisotopic (exact) mass is 398 g/mol. The summed E-state index contributed by atoms with van der Waals surface area (Å²) in [6.45, 7) is 1.39. The third-order valence-electron chi connectivity index (χ3n) is 4.32. The van der Waals surface area contributed by atoms with Gasteiger partial charge in [0.05, 0.1) is 28.7 Å². The van der Waals surface area contributed by atoms with Gasteiger partial charge in [-0.2, -0.15) is 13.2 Å². The Kier molecular flexibility index (Phi) is 5.84. The molecule has 1 fully saturated rings. The standard InChI is InChI=1S/C18H18ClF3N4O/c19-13-6-5-12(18(20,21)22)9-14(13)25-16-11-23-15(10-24-16)17(27)26-7-3-1-2-4-8-26/h5-6,9-11H,1-4,7-8H2,(H,24,25). The first-order chi connectivity index (χ1) is 12.8. The maximum atomic E-state index is 12.8. The maximum Gasteiger partial charge on any atom is 0.416 e. The Morgan fingerprint density at radius 2 is 1.78 bits per heavy atom. The van der Waals surface area contributed by atoms with Gasteiger partial charge < -0.3 is 10.2 Å². The predicted octanol–water partition coefficient (Wildman–Crippen LogP) is 4.91. The zero-order chi connectivity index (χ0) is 19.4. The van der Waals surface area contributed by atoms with Gasteiger partial charge in [0, 0.05) is 13.1 Å². The van der Waals surface area contributed by atoms with Crippen LogP contribution in [-0.4, -0.2) is 33.9 Å². The second-order valence-electron chi connectivity index (χ2n) is 6.31. The normalized spacial score (nSPS) is 15.3. The van der Waals surface area contributed by atoms with Crippen LogP contribution in [0.2, 0.25) is 5.02 Å². The van der Waals surface area contributed by atoms with Crippen molar-refractivity contribution in [3.8, 4) is 0 Å². The van der Waals surface area contributed by atoms with Gasteiger partial charge in [-0.25, -0.2) is 9.97 Å². The summed E-state index contributed by atoms with van der Waals surface area (Å²) < 4.78 is 38.5. The molecular formula is C18H18ClF3N4O. The number of likely N-dealkylation sites (tertiary alicyclic amines) is 1. The van der Waals surface area contributed by atoms with Crippen LogP contribution in [0.5, 0.6) is 0 Å². The summed E-state index contributed by atoms with van der Waals surface area (Å²) in [5, 5.41) is 2.83. The zero-order valence-corrected chi connectivity index (χ0v) is 15.1.